The second-order valence-corrected chi connectivity index (χ2v) is 6.78. The minimum atomic E-state index is 0.275. The van der Waals surface area contributed by atoms with Crippen LogP contribution in [-0.4, -0.2) is 24.7 Å². The van der Waals surface area contributed by atoms with Gasteiger partial charge in [0.25, 0.3) is 0 Å². The van der Waals surface area contributed by atoms with E-state index in [1.807, 2.05) is 54.0 Å². The van der Waals surface area contributed by atoms with Gasteiger partial charge >= 0.3 is 0 Å². The molecule has 0 amide bonds. The molecule has 3 heterocycles. The Morgan fingerprint density at radius 3 is 2.63 bits per heavy atom. The molecular weight excluding hydrogens is 360 g/mol. The fourth-order valence-electron chi connectivity index (χ4n) is 2.50. The van der Waals surface area contributed by atoms with E-state index in [9.17, 15) is 0 Å². The average Bonchev–Trinajstić information content (AvgIpc) is 3.34. The number of nitriles is 1. The van der Waals surface area contributed by atoms with Crippen LogP contribution in [0.5, 0.6) is 0 Å². The van der Waals surface area contributed by atoms with Gasteiger partial charge in [0.1, 0.15) is 16.9 Å². The highest BCUT2D eigenvalue weighted by molar-refractivity contribution is 7.99. The molecule has 0 aliphatic rings. The Hall–Kier alpha value is -3.44. The molecule has 0 aliphatic carbocycles. The summed E-state index contributed by atoms with van der Waals surface area (Å²) in [5, 5.41) is 18.9. The van der Waals surface area contributed by atoms with E-state index in [2.05, 4.69) is 20.2 Å². The molecule has 0 aliphatic heterocycles. The SMILES string of the molecule is Cc1ccc(-c2nnc(Sc3cnc(C#N)cn3)n2Cc2ccco2)cc1. The minimum absolute atomic E-state index is 0.275. The van der Waals surface area contributed by atoms with Crippen LogP contribution in [0.1, 0.15) is 17.0 Å². The molecule has 0 fully saturated rings. The first-order valence-electron chi connectivity index (χ1n) is 8.15. The Labute approximate surface area is 159 Å². The second-order valence-electron chi connectivity index (χ2n) is 5.79. The van der Waals surface area contributed by atoms with Crippen LogP contribution in [-0.2, 0) is 6.54 Å². The van der Waals surface area contributed by atoms with Gasteiger partial charge < -0.3 is 4.42 Å². The van der Waals surface area contributed by atoms with Gasteiger partial charge in [0.05, 0.1) is 25.2 Å². The first-order valence-corrected chi connectivity index (χ1v) is 8.97. The minimum Gasteiger partial charge on any atom is -0.467 e. The summed E-state index contributed by atoms with van der Waals surface area (Å²) >= 11 is 1.34. The van der Waals surface area contributed by atoms with Crippen LogP contribution >= 0.6 is 11.8 Å². The molecule has 0 spiro atoms. The molecule has 27 heavy (non-hydrogen) atoms. The zero-order chi connectivity index (χ0) is 18.6. The summed E-state index contributed by atoms with van der Waals surface area (Å²) in [4.78, 5) is 8.30. The lowest BCUT2D eigenvalue weighted by molar-refractivity contribution is 0.485. The van der Waals surface area contributed by atoms with E-state index in [4.69, 9.17) is 9.68 Å². The molecule has 0 bridgehead atoms. The lowest BCUT2D eigenvalue weighted by Crippen LogP contribution is -2.03. The highest BCUT2D eigenvalue weighted by Gasteiger charge is 2.17. The molecule has 0 N–H and O–H groups in total. The molecule has 7 nitrogen and oxygen atoms in total. The van der Waals surface area contributed by atoms with Gasteiger partial charge in [-0.1, -0.05) is 29.8 Å². The number of aryl methyl sites for hydroxylation is 1. The van der Waals surface area contributed by atoms with Crippen LogP contribution in [0.3, 0.4) is 0 Å². The van der Waals surface area contributed by atoms with Gasteiger partial charge in [-0.25, -0.2) is 9.97 Å². The second kappa shape index (κ2) is 7.43. The van der Waals surface area contributed by atoms with Crippen LogP contribution in [0.2, 0.25) is 0 Å². The molecule has 0 saturated heterocycles. The fourth-order valence-corrected chi connectivity index (χ4v) is 3.24. The number of nitrogens with zero attached hydrogens (tertiary/aromatic N) is 6. The number of aromatic nitrogens is 5. The summed E-state index contributed by atoms with van der Waals surface area (Å²) < 4.78 is 7.48. The van der Waals surface area contributed by atoms with E-state index in [-0.39, 0.29) is 5.69 Å². The highest BCUT2D eigenvalue weighted by atomic mass is 32.2. The van der Waals surface area contributed by atoms with Crippen LogP contribution in [0.15, 0.2) is 69.7 Å². The normalized spacial score (nSPS) is 10.7. The van der Waals surface area contributed by atoms with E-state index >= 15 is 0 Å². The van der Waals surface area contributed by atoms with E-state index in [1.165, 1.54) is 23.5 Å². The molecule has 132 valence electrons. The molecule has 8 heteroatoms. The Bertz CT molecular complexity index is 1080. The largest absolute Gasteiger partial charge is 0.467 e. The van der Waals surface area contributed by atoms with Gasteiger partial charge in [-0.2, -0.15) is 5.26 Å². The first kappa shape index (κ1) is 17.0. The standard InChI is InChI=1S/C19H14N6OS/c1-13-4-6-14(7-5-13)18-23-24-19(25(18)12-16-3-2-8-26-16)27-17-11-21-15(9-20)10-22-17/h2-8,10-11H,12H2,1H3. The van der Waals surface area contributed by atoms with Crippen molar-refractivity contribution in [2.24, 2.45) is 0 Å². The quantitative estimate of drug-likeness (QED) is 0.525. The molecule has 0 unspecified atom stereocenters. The number of hydrogen-bond acceptors (Lipinski definition) is 7. The topological polar surface area (TPSA) is 93.4 Å². The first-order chi connectivity index (χ1) is 13.2. The Morgan fingerprint density at radius 1 is 1.11 bits per heavy atom. The molecule has 0 saturated carbocycles. The van der Waals surface area contributed by atoms with Crippen molar-refractivity contribution in [3.8, 4) is 17.5 Å². The van der Waals surface area contributed by atoms with Gasteiger partial charge in [0.15, 0.2) is 16.7 Å². The molecule has 0 radical (unpaired) electrons. The van der Waals surface area contributed by atoms with Crippen LogP contribution < -0.4 is 0 Å². The maximum atomic E-state index is 8.86. The van der Waals surface area contributed by atoms with E-state index < -0.39 is 0 Å². The third kappa shape index (κ3) is 3.73. The number of furan rings is 1. The van der Waals surface area contributed by atoms with E-state index in [1.54, 1.807) is 12.5 Å². The van der Waals surface area contributed by atoms with Crippen LogP contribution in [0.25, 0.3) is 11.4 Å². The third-order valence-electron chi connectivity index (χ3n) is 3.86. The Balaban J connectivity index is 1.71. The average molecular weight is 374 g/mol. The monoisotopic (exact) mass is 374 g/mol. The molecule has 0 atom stereocenters. The maximum Gasteiger partial charge on any atom is 0.198 e. The van der Waals surface area contributed by atoms with Gasteiger partial charge in [-0.3, -0.25) is 4.57 Å². The highest BCUT2D eigenvalue weighted by Crippen LogP contribution is 2.29. The smallest absolute Gasteiger partial charge is 0.198 e. The molecule has 4 aromatic rings. The summed E-state index contributed by atoms with van der Waals surface area (Å²) in [6.07, 6.45) is 4.64. The summed E-state index contributed by atoms with van der Waals surface area (Å²) in [5.41, 5.74) is 2.42. The van der Waals surface area contributed by atoms with Crippen LogP contribution in [0, 0.1) is 18.3 Å². The molecule has 1 aromatic carbocycles. The van der Waals surface area contributed by atoms with Crippen molar-refractivity contribution in [3.63, 3.8) is 0 Å². The summed E-state index contributed by atoms with van der Waals surface area (Å²) in [6.45, 7) is 2.54. The summed E-state index contributed by atoms with van der Waals surface area (Å²) in [6, 6.07) is 13.9. The maximum absolute atomic E-state index is 8.86. The van der Waals surface area contributed by atoms with Crippen molar-refractivity contribution in [1.29, 1.82) is 5.26 Å². The van der Waals surface area contributed by atoms with Gasteiger partial charge in [0.2, 0.25) is 0 Å². The van der Waals surface area contributed by atoms with Crippen molar-refractivity contribution >= 4 is 11.8 Å². The molecule has 3 aromatic heterocycles. The van der Waals surface area contributed by atoms with Crippen molar-refractivity contribution in [2.45, 2.75) is 23.7 Å². The van der Waals surface area contributed by atoms with Gasteiger partial charge in [-0.15, -0.1) is 10.2 Å². The fraction of sp³-hybridized carbons (Fsp3) is 0.105. The predicted molar refractivity (Wildman–Crippen MR) is 98.9 cm³/mol. The molecular formula is C19H14N6OS. The Morgan fingerprint density at radius 2 is 1.96 bits per heavy atom. The zero-order valence-electron chi connectivity index (χ0n) is 14.4. The lowest BCUT2D eigenvalue weighted by atomic mass is 10.1. The van der Waals surface area contributed by atoms with E-state index in [0.29, 0.717) is 16.7 Å². The lowest BCUT2D eigenvalue weighted by Gasteiger charge is -2.08. The summed E-state index contributed by atoms with van der Waals surface area (Å²) in [5.74, 6) is 1.55. The van der Waals surface area contributed by atoms with Crippen molar-refractivity contribution in [1.82, 2.24) is 24.7 Å². The Kier molecular flexibility index (Phi) is 4.68. The zero-order valence-corrected chi connectivity index (χ0v) is 15.2. The van der Waals surface area contributed by atoms with E-state index in [0.717, 1.165) is 17.1 Å². The third-order valence-corrected chi connectivity index (χ3v) is 4.76. The number of benzene rings is 1. The van der Waals surface area contributed by atoms with Crippen molar-refractivity contribution < 1.29 is 4.42 Å². The van der Waals surface area contributed by atoms with Crippen molar-refractivity contribution in [3.05, 3.63) is 72.1 Å². The van der Waals surface area contributed by atoms with Gasteiger partial charge in [-0.05, 0) is 30.8 Å². The number of hydrogen-bond donors (Lipinski definition) is 0. The number of rotatable bonds is 5. The van der Waals surface area contributed by atoms with Crippen LogP contribution in [0.4, 0.5) is 0 Å². The summed E-state index contributed by atoms with van der Waals surface area (Å²) in [7, 11) is 0. The predicted octanol–water partition coefficient (Wildman–Crippen LogP) is 3.71. The molecule has 4 rings (SSSR count). The van der Waals surface area contributed by atoms with Gasteiger partial charge in [0, 0.05) is 5.56 Å². The van der Waals surface area contributed by atoms with Crippen molar-refractivity contribution in [2.75, 3.05) is 0 Å².